The lowest BCUT2D eigenvalue weighted by molar-refractivity contribution is 0.0695. The molecule has 5 heteroatoms. The van der Waals surface area contributed by atoms with Crippen molar-refractivity contribution in [1.29, 1.82) is 0 Å². The number of rotatable bonds is 4. The average Bonchev–Trinajstić information content (AvgIpc) is 2.82. The lowest BCUT2D eigenvalue weighted by Crippen LogP contribution is -2.12. The first-order valence-corrected chi connectivity index (χ1v) is 6.67. The van der Waals surface area contributed by atoms with Crippen molar-refractivity contribution < 1.29 is 19.1 Å². The van der Waals surface area contributed by atoms with E-state index >= 15 is 0 Å². The van der Waals surface area contributed by atoms with Crippen LogP contribution in [0.2, 0.25) is 0 Å². The number of hydrogen-bond donors (Lipinski definition) is 2. The van der Waals surface area contributed by atoms with E-state index in [-0.39, 0.29) is 11.3 Å². The third kappa shape index (κ3) is 3.13. The maximum atomic E-state index is 12.1. The van der Waals surface area contributed by atoms with Crippen LogP contribution in [0, 0.1) is 13.8 Å². The van der Waals surface area contributed by atoms with E-state index < -0.39 is 11.9 Å². The molecule has 5 nitrogen and oxygen atoms in total. The monoisotopic (exact) mass is 287 g/mol. The van der Waals surface area contributed by atoms with Gasteiger partial charge in [-0.15, -0.1) is 0 Å². The summed E-state index contributed by atoms with van der Waals surface area (Å²) >= 11 is 0. The molecule has 0 aliphatic heterocycles. The molecule has 21 heavy (non-hydrogen) atoms. The van der Waals surface area contributed by atoms with Gasteiger partial charge in [-0.05, 0) is 43.2 Å². The number of carbonyl (C=O) groups is 2. The first-order valence-electron chi connectivity index (χ1n) is 6.67. The van der Waals surface area contributed by atoms with Crippen LogP contribution in [0.3, 0.4) is 0 Å². The van der Waals surface area contributed by atoms with Gasteiger partial charge in [-0.2, -0.15) is 0 Å². The van der Waals surface area contributed by atoms with Gasteiger partial charge >= 0.3 is 5.97 Å². The van der Waals surface area contributed by atoms with Crippen molar-refractivity contribution in [3.05, 3.63) is 52.5 Å². The van der Waals surface area contributed by atoms with E-state index in [4.69, 9.17) is 9.52 Å². The van der Waals surface area contributed by atoms with Crippen molar-refractivity contribution in [2.75, 3.05) is 5.32 Å². The molecule has 0 aliphatic carbocycles. The van der Waals surface area contributed by atoms with Crippen LogP contribution in [-0.4, -0.2) is 17.0 Å². The Morgan fingerprint density at radius 2 is 1.90 bits per heavy atom. The van der Waals surface area contributed by atoms with E-state index in [9.17, 15) is 9.59 Å². The molecule has 2 N–H and O–H groups in total. The highest BCUT2D eigenvalue weighted by atomic mass is 16.4. The van der Waals surface area contributed by atoms with Crippen molar-refractivity contribution in [2.45, 2.75) is 27.2 Å². The number of furan rings is 1. The average molecular weight is 287 g/mol. The first-order chi connectivity index (χ1) is 9.92. The van der Waals surface area contributed by atoms with Crippen LogP contribution < -0.4 is 5.32 Å². The number of benzene rings is 1. The van der Waals surface area contributed by atoms with Gasteiger partial charge in [0.05, 0.1) is 5.56 Å². The van der Waals surface area contributed by atoms with Gasteiger partial charge in [0.1, 0.15) is 5.76 Å². The summed E-state index contributed by atoms with van der Waals surface area (Å²) in [5.41, 5.74) is 2.16. The Hall–Kier alpha value is -2.56. The van der Waals surface area contributed by atoms with E-state index in [1.54, 1.807) is 25.1 Å². The Morgan fingerprint density at radius 1 is 1.19 bits per heavy atom. The van der Waals surface area contributed by atoms with Crippen LogP contribution in [0.4, 0.5) is 5.69 Å². The molecule has 0 saturated heterocycles. The van der Waals surface area contributed by atoms with E-state index in [1.165, 1.54) is 6.07 Å². The zero-order chi connectivity index (χ0) is 15.6. The normalized spacial score (nSPS) is 10.4. The van der Waals surface area contributed by atoms with Crippen molar-refractivity contribution in [1.82, 2.24) is 0 Å². The Kier molecular flexibility index (Phi) is 4.12. The zero-order valence-corrected chi connectivity index (χ0v) is 12.2. The number of carboxylic acid groups (broad SMARTS) is 1. The second kappa shape index (κ2) is 5.83. The molecule has 110 valence electrons. The van der Waals surface area contributed by atoms with E-state index in [2.05, 4.69) is 5.32 Å². The third-order valence-electron chi connectivity index (χ3n) is 3.29. The maximum absolute atomic E-state index is 12.1. The van der Waals surface area contributed by atoms with Crippen LogP contribution >= 0.6 is 0 Å². The van der Waals surface area contributed by atoms with Gasteiger partial charge in [-0.3, -0.25) is 4.79 Å². The van der Waals surface area contributed by atoms with Crippen molar-refractivity contribution in [3.8, 4) is 0 Å². The van der Waals surface area contributed by atoms with Gasteiger partial charge in [-0.1, -0.05) is 13.0 Å². The molecule has 2 rings (SSSR count). The lowest BCUT2D eigenvalue weighted by atomic mass is 10.1. The molecule has 0 fully saturated rings. The fraction of sp³-hybridized carbons (Fsp3) is 0.250. The molecule has 0 radical (unpaired) electrons. The van der Waals surface area contributed by atoms with E-state index in [0.717, 1.165) is 11.3 Å². The van der Waals surface area contributed by atoms with Crippen LogP contribution in [-0.2, 0) is 6.42 Å². The predicted molar refractivity (Wildman–Crippen MR) is 78.9 cm³/mol. The minimum Gasteiger partial charge on any atom is -0.478 e. The van der Waals surface area contributed by atoms with Crippen LogP contribution in [0.25, 0.3) is 0 Å². The van der Waals surface area contributed by atoms with Crippen molar-refractivity contribution >= 4 is 17.6 Å². The summed E-state index contributed by atoms with van der Waals surface area (Å²) in [6.45, 7) is 5.54. The standard InChI is InChI=1S/C16H17NO4/c1-4-13-10(3)7-14(21-13)15(18)17-11-6-5-9(2)12(8-11)16(19)20/h5-8H,4H2,1-3H3,(H,17,18)(H,19,20). The number of anilines is 1. The largest absolute Gasteiger partial charge is 0.478 e. The van der Waals surface area contributed by atoms with Gasteiger partial charge in [0.2, 0.25) is 0 Å². The smallest absolute Gasteiger partial charge is 0.336 e. The van der Waals surface area contributed by atoms with Crippen molar-refractivity contribution in [3.63, 3.8) is 0 Å². The Balaban J connectivity index is 2.23. The Bertz CT molecular complexity index is 700. The second-order valence-electron chi connectivity index (χ2n) is 4.86. The number of hydrogen-bond acceptors (Lipinski definition) is 3. The molecule has 0 spiro atoms. The number of aryl methyl sites for hydroxylation is 3. The van der Waals surface area contributed by atoms with Gasteiger partial charge in [0.15, 0.2) is 5.76 Å². The molecule has 2 aromatic rings. The van der Waals surface area contributed by atoms with Gasteiger partial charge in [0, 0.05) is 12.1 Å². The molecule has 1 heterocycles. The fourth-order valence-corrected chi connectivity index (χ4v) is 2.11. The summed E-state index contributed by atoms with van der Waals surface area (Å²) in [6, 6.07) is 6.44. The molecule has 0 aliphatic rings. The molecule has 0 unspecified atom stereocenters. The lowest BCUT2D eigenvalue weighted by Gasteiger charge is -2.06. The third-order valence-corrected chi connectivity index (χ3v) is 3.29. The predicted octanol–water partition coefficient (Wildman–Crippen LogP) is 3.41. The maximum Gasteiger partial charge on any atom is 0.336 e. The molecular weight excluding hydrogens is 270 g/mol. The topological polar surface area (TPSA) is 79.5 Å². The molecule has 0 saturated carbocycles. The van der Waals surface area contributed by atoms with Crippen LogP contribution in [0.15, 0.2) is 28.7 Å². The highest BCUT2D eigenvalue weighted by Gasteiger charge is 2.15. The minimum absolute atomic E-state index is 0.165. The molecule has 1 aromatic heterocycles. The first kappa shape index (κ1) is 14.8. The van der Waals surface area contributed by atoms with Crippen LogP contribution in [0.5, 0.6) is 0 Å². The summed E-state index contributed by atoms with van der Waals surface area (Å²) in [5, 5.41) is 11.7. The second-order valence-corrected chi connectivity index (χ2v) is 4.86. The molecule has 0 atom stereocenters. The number of carbonyl (C=O) groups excluding carboxylic acids is 1. The molecule has 1 aromatic carbocycles. The summed E-state index contributed by atoms with van der Waals surface area (Å²) < 4.78 is 5.47. The summed E-state index contributed by atoms with van der Waals surface area (Å²) in [6.07, 6.45) is 0.715. The number of amides is 1. The Morgan fingerprint density at radius 3 is 2.48 bits per heavy atom. The number of nitrogens with one attached hydrogen (secondary N) is 1. The van der Waals surface area contributed by atoms with Crippen LogP contribution in [0.1, 0.15) is 44.7 Å². The quantitative estimate of drug-likeness (QED) is 0.903. The molecule has 1 amide bonds. The fourth-order valence-electron chi connectivity index (χ4n) is 2.11. The summed E-state index contributed by atoms with van der Waals surface area (Å²) in [7, 11) is 0. The summed E-state index contributed by atoms with van der Waals surface area (Å²) in [5.74, 6) is -0.416. The van der Waals surface area contributed by atoms with Crippen molar-refractivity contribution in [2.24, 2.45) is 0 Å². The SMILES string of the molecule is CCc1oc(C(=O)Nc2ccc(C)c(C(=O)O)c2)cc1C. The highest BCUT2D eigenvalue weighted by Crippen LogP contribution is 2.19. The van der Waals surface area contributed by atoms with Gasteiger partial charge in [0.25, 0.3) is 5.91 Å². The Labute approximate surface area is 122 Å². The van der Waals surface area contributed by atoms with Gasteiger partial charge < -0.3 is 14.8 Å². The highest BCUT2D eigenvalue weighted by molar-refractivity contribution is 6.03. The summed E-state index contributed by atoms with van der Waals surface area (Å²) in [4.78, 5) is 23.2. The minimum atomic E-state index is -1.02. The molecular formula is C16H17NO4. The van der Waals surface area contributed by atoms with E-state index in [1.807, 2.05) is 13.8 Å². The molecule has 0 bridgehead atoms. The van der Waals surface area contributed by atoms with Gasteiger partial charge in [-0.25, -0.2) is 4.79 Å². The van der Waals surface area contributed by atoms with E-state index in [0.29, 0.717) is 17.7 Å². The number of carboxylic acids is 1. The number of aromatic carboxylic acids is 1. The zero-order valence-electron chi connectivity index (χ0n) is 12.2.